The van der Waals surface area contributed by atoms with Gasteiger partial charge in [0.1, 0.15) is 6.61 Å². The molecule has 3 aromatic rings. The van der Waals surface area contributed by atoms with Crippen molar-refractivity contribution < 1.29 is 14.3 Å². The van der Waals surface area contributed by atoms with Crippen LogP contribution in [0.25, 0.3) is 10.9 Å². The van der Waals surface area contributed by atoms with Crippen LogP contribution in [0.5, 0.6) is 5.88 Å². The third kappa shape index (κ3) is 3.66. The van der Waals surface area contributed by atoms with Crippen LogP contribution in [0, 0.1) is 0 Å². The molecular weight excluding hydrogens is 415 g/mol. The van der Waals surface area contributed by atoms with Gasteiger partial charge in [0, 0.05) is 49.0 Å². The van der Waals surface area contributed by atoms with Crippen LogP contribution < -0.4 is 4.74 Å². The Labute approximate surface area is 177 Å². The lowest BCUT2D eigenvalue weighted by Crippen LogP contribution is -2.39. The second-order valence-electron chi connectivity index (χ2n) is 6.79. The van der Waals surface area contributed by atoms with Gasteiger partial charge in [0.05, 0.1) is 28.2 Å². The molecule has 0 spiro atoms. The fourth-order valence-corrected chi connectivity index (χ4v) is 4.06. The molecule has 0 bridgehead atoms. The molecule has 0 radical (unpaired) electrons. The molecule has 152 valence electrons. The van der Waals surface area contributed by atoms with Gasteiger partial charge in [-0.25, -0.2) is 4.98 Å². The molecule has 7 nitrogen and oxygen atoms in total. The zero-order chi connectivity index (χ0) is 20.5. The van der Waals surface area contributed by atoms with Gasteiger partial charge in [-0.15, -0.1) is 0 Å². The minimum Gasteiger partial charge on any atom is -0.475 e. The molecule has 0 fully saturated rings. The number of nitrogens with zero attached hydrogens (tertiary/aromatic N) is 3. The van der Waals surface area contributed by atoms with E-state index in [1.807, 2.05) is 13.0 Å². The van der Waals surface area contributed by atoms with Crippen molar-refractivity contribution in [3.8, 4) is 5.88 Å². The van der Waals surface area contributed by atoms with Crippen LogP contribution in [0.3, 0.4) is 0 Å². The molecule has 1 amide bonds. The van der Waals surface area contributed by atoms with E-state index in [1.165, 1.54) is 6.20 Å². The maximum absolute atomic E-state index is 13.1. The summed E-state index contributed by atoms with van der Waals surface area (Å²) in [6.45, 7) is 3.32. The maximum atomic E-state index is 13.1. The molecule has 3 heterocycles. The second kappa shape index (κ2) is 8.18. The van der Waals surface area contributed by atoms with Gasteiger partial charge >= 0.3 is 0 Å². The van der Waals surface area contributed by atoms with E-state index in [4.69, 9.17) is 32.7 Å². The number of benzene rings is 1. The summed E-state index contributed by atoms with van der Waals surface area (Å²) < 4.78 is 10.5. The summed E-state index contributed by atoms with van der Waals surface area (Å²) in [6, 6.07) is 5.16. The van der Waals surface area contributed by atoms with Gasteiger partial charge in [-0.1, -0.05) is 29.3 Å². The minimum atomic E-state index is -0.241. The van der Waals surface area contributed by atoms with Crippen LogP contribution >= 0.6 is 23.2 Å². The number of amides is 1. The molecule has 1 aliphatic rings. The molecular formula is C20H20Cl2N4O3. The van der Waals surface area contributed by atoms with Crippen LogP contribution in [0.2, 0.25) is 10.0 Å². The summed E-state index contributed by atoms with van der Waals surface area (Å²) in [5.74, 6) is 0.213. The molecule has 1 aromatic carbocycles. The van der Waals surface area contributed by atoms with Gasteiger partial charge in [-0.2, -0.15) is 4.98 Å². The van der Waals surface area contributed by atoms with E-state index in [2.05, 4.69) is 15.0 Å². The van der Waals surface area contributed by atoms with Crippen molar-refractivity contribution in [2.45, 2.75) is 19.4 Å². The molecule has 2 aromatic heterocycles. The van der Waals surface area contributed by atoms with Crippen molar-refractivity contribution >= 4 is 40.0 Å². The van der Waals surface area contributed by atoms with Crippen LogP contribution in [0.4, 0.5) is 0 Å². The molecule has 0 unspecified atom stereocenters. The summed E-state index contributed by atoms with van der Waals surface area (Å²) in [4.78, 5) is 26.7. The van der Waals surface area contributed by atoms with Crippen molar-refractivity contribution in [3.63, 3.8) is 0 Å². The molecule has 0 saturated heterocycles. The Bertz CT molecular complexity index is 1070. The third-order valence-corrected chi connectivity index (χ3v) is 5.90. The third-order valence-electron chi connectivity index (χ3n) is 5.09. The van der Waals surface area contributed by atoms with Crippen molar-refractivity contribution in [2.75, 3.05) is 26.9 Å². The standard InChI is InChI=1S/C20H20Cl2N4O3/c1-11-16-12-3-4-13(21)17(22)18(12)24-14(16)6-8-26(11)20(27)19-23-7-5-15(25-19)29-10-9-28-2/h3-5,7,11,24H,6,8-10H2,1-2H3/t11-/m0/s1. The largest absolute Gasteiger partial charge is 0.475 e. The topological polar surface area (TPSA) is 80.3 Å². The first-order valence-electron chi connectivity index (χ1n) is 9.25. The highest BCUT2D eigenvalue weighted by atomic mass is 35.5. The van der Waals surface area contributed by atoms with Gasteiger partial charge in [0.2, 0.25) is 11.7 Å². The average Bonchev–Trinajstić information content (AvgIpc) is 3.11. The van der Waals surface area contributed by atoms with Crippen LogP contribution in [-0.4, -0.2) is 52.6 Å². The Morgan fingerprint density at radius 2 is 2.14 bits per heavy atom. The zero-order valence-electron chi connectivity index (χ0n) is 16.0. The molecule has 0 saturated carbocycles. The van der Waals surface area contributed by atoms with E-state index in [0.717, 1.165) is 22.2 Å². The number of halogens is 2. The summed E-state index contributed by atoms with van der Waals surface area (Å²) in [5.41, 5.74) is 2.92. The predicted octanol–water partition coefficient (Wildman–Crippen LogP) is 4.05. The smallest absolute Gasteiger partial charge is 0.292 e. The number of ether oxygens (including phenoxy) is 2. The lowest BCUT2D eigenvalue weighted by Gasteiger charge is -2.33. The highest BCUT2D eigenvalue weighted by molar-refractivity contribution is 6.45. The highest BCUT2D eigenvalue weighted by Gasteiger charge is 2.33. The van der Waals surface area contributed by atoms with E-state index in [9.17, 15) is 4.79 Å². The fourth-order valence-electron chi connectivity index (χ4n) is 3.70. The molecule has 1 N–H and O–H groups in total. The minimum absolute atomic E-state index is 0.108. The fraction of sp³-hybridized carbons (Fsp3) is 0.350. The SMILES string of the molecule is COCCOc1ccnc(C(=O)N2CCc3[nH]c4c(Cl)c(Cl)ccc4c3[C@@H]2C)n1. The van der Waals surface area contributed by atoms with E-state index in [1.54, 1.807) is 24.1 Å². The van der Waals surface area contributed by atoms with Gasteiger partial charge in [-0.3, -0.25) is 4.79 Å². The highest BCUT2D eigenvalue weighted by Crippen LogP contribution is 2.40. The molecule has 1 aliphatic heterocycles. The molecule has 0 aliphatic carbocycles. The van der Waals surface area contributed by atoms with Crippen LogP contribution in [-0.2, 0) is 11.2 Å². The number of methoxy groups -OCH3 is 1. The van der Waals surface area contributed by atoms with Crippen molar-refractivity contribution in [1.29, 1.82) is 0 Å². The van der Waals surface area contributed by atoms with E-state index < -0.39 is 0 Å². The number of carbonyl (C=O) groups excluding carboxylic acids is 1. The average molecular weight is 435 g/mol. The first-order chi connectivity index (χ1) is 14.0. The first kappa shape index (κ1) is 19.9. The van der Waals surface area contributed by atoms with Gasteiger partial charge in [-0.05, 0) is 13.0 Å². The number of rotatable bonds is 5. The number of aromatic nitrogens is 3. The number of aromatic amines is 1. The molecule has 4 rings (SSSR count). The summed E-state index contributed by atoms with van der Waals surface area (Å²) in [5, 5.41) is 1.96. The zero-order valence-corrected chi connectivity index (χ0v) is 17.5. The first-order valence-corrected chi connectivity index (χ1v) is 10.0. The normalized spacial score (nSPS) is 16.1. The Morgan fingerprint density at radius 3 is 2.93 bits per heavy atom. The Balaban J connectivity index is 1.62. The lowest BCUT2D eigenvalue weighted by atomic mass is 9.97. The number of hydrogen-bond acceptors (Lipinski definition) is 5. The number of nitrogens with one attached hydrogen (secondary N) is 1. The van der Waals surface area contributed by atoms with E-state index in [-0.39, 0.29) is 17.8 Å². The molecule has 9 heteroatoms. The number of hydrogen-bond donors (Lipinski definition) is 1. The maximum Gasteiger partial charge on any atom is 0.292 e. The van der Waals surface area contributed by atoms with E-state index >= 15 is 0 Å². The van der Waals surface area contributed by atoms with Crippen LogP contribution in [0.1, 0.15) is 34.8 Å². The van der Waals surface area contributed by atoms with Gasteiger partial charge < -0.3 is 19.4 Å². The Morgan fingerprint density at radius 1 is 1.31 bits per heavy atom. The summed E-state index contributed by atoms with van der Waals surface area (Å²) >= 11 is 12.5. The predicted molar refractivity (Wildman–Crippen MR) is 111 cm³/mol. The molecule has 1 atom stereocenters. The second-order valence-corrected chi connectivity index (χ2v) is 7.57. The van der Waals surface area contributed by atoms with Crippen molar-refractivity contribution in [2.24, 2.45) is 0 Å². The monoisotopic (exact) mass is 434 g/mol. The van der Waals surface area contributed by atoms with Gasteiger partial charge in [0.25, 0.3) is 5.91 Å². The van der Waals surface area contributed by atoms with Crippen LogP contribution in [0.15, 0.2) is 24.4 Å². The Hall–Kier alpha value is -2.35. The van der Waals surface area contributed by atoms with Crippen molar-refractivity contribution in [3.05, 3.63) is 51.5 Å². The van der Waals surface area contributed by atoms with E-state index in [0.29, 0.717) is 42.1 Å². The summed E-state index contributed by atoms with van der Waals surface area (Å²) in [7, 11) is 1.59. The quantitative estimate of drug-likeness (QED) is 0.612. The summed E-state index contributed by atoms with van der Waals surface area (Å²) in [6.07, 6.45) is 2.20. The Kier molecular flexibility index (Phi) is 5.63. The molecule has 29 heavy (non-hydrogen) atoms. The van der Waals surface area contributed by atoms with Gasteiger partial charge in [0.15, 0.2) is 0 Å². The number of carbonyl (C=O) groups is 1. The number of H-pyrrole nitrogens is 1. The van der Waals surface area contributed by atoms with Crippen molar-refractivity contribution in [1.82, 2.24) is 19.9 Å². The lowest BCUT2D eigenvalue weighted by molar-refractivity contribution is 0.0663. The number of fused-ring (bicyclic) bond motifs is 3.